The van der Waals surface area contributed by atoms with E-state index >= 15 is 0 Å². The Morgan fingerprint density at radius 3 is 2.68 bits per heavy atom. The number of nitrogens with zero attached hydrogens (tertiary/aromatic N) is 3. The van der Waals surface area contributed by atoms with Crippen molar-refractivity contribution in [2.75, 3.05) is 12.5 Å². The molecule has 1 aromatic heterocycles. The predicted octanol–water partition coefficient (Wildman–Crippen LogP) is 6.35. The molecule has 6 nitrogen and oxygen atoms in total. The minimum atomic E-state index is 0.330. The van der Waals surface area contributed by atoms with Gasteiger partial charge in [0.05, 0.1) is 12.8 Å². The van der Waals surface area contributed by atoms with Gasteiger partial charge in [0.1, 0.15) is 24.0 Å². The van der Waals surface area contributed by atoms with Gasteiger partial charge in [-0.05, 0) is 53.6 Å². The van der Waals surface area contributed by atoms with Crippen molar-refractivity contribution in [1.29, 1.82) is 5.26 Å². The van der Waals surface area contributed by atoms with E-state index in [-0.39, 0.29) is 0 Å². The van der Waals surface area contributed by atoms with Crippen LogP contribution in [-0.2, 0) is 18.0 Å². The summed E-state index contributed by atoms with van der Waals surface area (Å²) in [5.74, 6) is 1.19. The zero-order valence-corrected chi connectivity index (χ0v) is 20.5. The first-order chi connectivity index (χ1) is 16.6. The third-order valence-electron chi connectivity index (χ3n) is 5.22. The van der Waals surface area contributed by atoms with Gasteiger partial charge in [0.15, 0.2) is 5.82 Å². The van der Waals surface area contributed by atoms with Crippen LogP contribution in [-0.4, -0.2) is 18.3 Å². The Kier molecular flexibility index (Phi) is 7.53. The number of nitrogens with one attached hydrogen (secondary N) is 1. The quantitative estimate of drug-likeness (QED) is 0.219. The van der Waals surface area contributed by atoms with Crippen LogP contribution >= 0.6 is 15.9 Å². The number of benzene rings is 3. The highest BCUT2D eigenvalue weighted by Gasteiger charge is 2.11. The van der Waals surface area contributed by atoms with Gasteiger partial charge in [-0.25, -0.2) is 4.98 Å². The normalized spacial score (nSPS) is 11.0. The van der Waals surface area contributed by atoms with Gasteiger partial charge in [0.25, 0.3) is 0 Å². The number of fused-ring (bicyclic) bond motifs is 1. The van der Waals surface area contributed by atoms with E-state index in [2.05, 4.69) is 37.5 Å². The average Bonchev–Trinajstić information content (AvgIpc) is 2.84. The molecule has 3 aromatic carbocycles. The van der Waals surface area contributed by atoms with E-state index in [0.29, 0.717) is 24.6 Å². The number of hydrogen-bond donors (Lipinski definition) is 1. The van der Waals surface area contributed by atoms with Crippen LogP contribution in [0.3, 0.4) is 0 Å². The third-order valence-corrected chi connectivity index (χ3v) is 5.75. The first-order valence-corrected chi connectivity index (χ1v) is 11.5. The standard InChI is InChI=1S/C27H23BrN4O2/c1-18-12-22(17-33-2)26(14-29)27(31-18)32-30-15-21-5-3-4-20-8-11-24(13-25(20)21)34-16-19-6-9-23(28)10-7-19/h3-13,15H,16-17H2,1-2H3,(H,31,32)/b30-15+. The highest BCUT2D eigenvalue weighted by atomic mass is 79.9. The Morgan fingerprint density at radius 1 is 1.09 bits per heavy atom. The van der Waals surface area contributed by atoms with Crippen LogP contribution in [0.4, 0.5) is 5.82 Å². The Balaban J connectivity index is 1.56. The molecule has 0 fully saturated rings. The molecule has 0 unspecified atom stereocenters. The SMILES string of the molecule is COCc1cc(C)nc(N/N=C/c2cccc3ccc(OCc4ccc(Br)cc4)cc23)c1C#N. The first kappa shape index (κ1) is 23.4. The maximum absolute atomic E-state index is 9.60. The van der Waals surface area contributed by atoms with Gasteiger partial charge in [-0.15, -0.1) is 0 Å². The number of nitriles is 1. The number of methoxy groups -OCH3 is 1. The molecule has 1 N–H and O–H groups in total. The number of pyridine rings is 1. The van der Waals surface area contributed by atoms with Crippen molar-refractivity contribution in [3.05, 3.63) is 99.2 Å². The van der Waals surface area contributed by atoms with Gasteiger partial charge in [-0.2, -0.15) is 10.4 Å². The molecule has 0 radical (unpaired) electrons. The summed E-state index contributed by atoms with van der Waals surface area (Å²) in [5, 5.41) is 16.1. The highest BCUT2D eigenvalue weighted by molar-refractivity contribution is 9.10. The molecule has 7 heteroatoms. The molecule has 0 saturated heterocycles. The van der Waals surface area contributed by atoms with Crippen LogP contribution in [0.25, 0.3) is 10.8 Å². The lowest BCUT2D eigenvalue weighted by Crippen LogP contribution is -2.03. The molecule has 4 rings (SSSR count). The van der Waals surface area contributed by atoms with E-state index in [0.717, 1.165) is 43.4 Å². The zero-order chi connectivity index (χ0) is 23.9. The maximum Gasteiger partial charge on any atom is 0.164 e. The van der Waals surface area contributed by atoms with E-state index in [1.165, 1.54) is 0 Å². The van der Waals surface area contributed by atoms with E-state index in [1.54, 1.807) is 13.3 Å². The molecule has 170 valence electrons. The molecule has 0 aliphatic carbocycles. The second-order valence-electron chi connectivity index (χ2n) is 7.71. The molecule has 0 aliphatic heterocycles. The monoisotopic (exact) mass is 514 g/mol. The van der Waals surface area contributed by atoms with Crippen LogP contribution in [0.2, 0.25) is 0 Å². The number of hydrogen-bond acceptors (Lipinski definition) is 6. The lowest BCUT2D eigenvalue weighted by Gasteiger charge is -2.10. The molecule has 0 bridgehead atoms. The van der Waals surface area contributed by atoms with Crippen LogP contribution in [0.15, 0.2) is 76.3 Å². The third kappa shape index (κ3) is 5.60. The molecule has 34 heavy (non-hydrogen) atoms. The highest BCUT2D eigenvalue weighted by Crippen LogP contribution is 2.25. The number of rotatable bonds is 8. The summed E-state index contributed by atoms with van der Waals surface area (Å²) in [7, 11) is 1.60. The smallest absolute Gasteiger partial charge is 0.164 e. The number of halogens is 1. The number of aromatic nitrogens is 1. The second kappa shape index (κ2) is 10.9. The van der Waals surface area contributed by atoms with Crippen molar-refractivity contribution in [1.82, 2.24) is 4.98 Å². The van der Waals surface area contributed by atoms with Crippen molar-refractivity contribution in [2.24, 2.45) is 5.10 Å². The number of anilines is 1. The Morgan fingerprint density at radius 2 is 1.91 bits per heavy atom. The van der Waals surface area contributed by atoms with Crippen molar-refractivity contribution in [2.45, 2.75) is 20.1 Å². The summed E-state index contributed by atoms with van der Waals surface area (Å²) in [5.41, 5.74) is 6.91. The zero-order valence-electron chi connectivity index (χ0n) is 18.9. The molecule has 4 aromatic rings. The van der Waals surface area contributed by atoms with Gasteiger partial charge in [0.2, 0.25) is 0 Å². The molecule has 0 atom stereocenters. The average molecular weight is 515 g/mol. The minimum absolute atomic E-state index is 0.330. The fourth-order valence-corrected chi connectivity index (χ4v) is 3.87. The Labute approximate surface area is 207 Å². The lowest BCUT2D eigenvalue weighted by atomic mass is 10.1. The van der Waals surface area contributed by atoms with Gasteiger partial charge in [-0.1, -0.05) is 52.3 Å². The number of ether oxygens (including phenoxy) is 2. The van der Waals surface area contributed by atoms with Gasteiger partial charge in [0, 0.05) is 28.4 Å². The van der Waals surface area contributed by atoms with Crippen LogP contribution < -0.4 is 10.2 Å². The molecular formula is C27H23BrN4O2. The van der Waals surface area contributed by atoms with Crippen LogP contribution in [0.1, 0.15) is 27.9 Å². The lowest BCUT2D eigenvalue weighted by molar-refractivity contribution is 0.184. The maximum atomic E-state index is 9.60. The van der Waals surface area contributed by atoms with Crippen LogP contribution in [0, 0.1) is 18.3 Å². The predicted molar refractivity (Wildman–Crippen MR) is 138 cm³/mol. The van der Waals surface area contributed by atoms with Crippen molar-refractivity contribution in [3.63, 3.8) is 0 Å². The summed E-state index contributed by atoms with van der Waals surface area (Å²) < 4.78 is 12.3. The largest absolute Gasteiger partial charge is 0.489 e. The fraction of sp³-hybridized carbons (Fsp3) is 0.148. The van der Waals surface area contributed by atoms with Crippen LogP contribution in [0.5, 0.6) is 5.75 Å². The molecule has 0 spiro atoms. The number of aryl methyl sites for hydroxylation is 1. The van der Waals surface area contributed by atoms with Crippen molar-refractivity contribution < 1.29 is 9.47 Å². The minimum Gasteiger partial charge on any atom is -0.489 e. The van der Waals surface area contributed by atoms with E-state index in [4.69, 9.17) is 9.47 Å². The fourth-order valence-electron chi connectivity index (χ4n) is 3.60. The Hall–Kier alpha value is -3.73. The summed E-state index contributed by atoms with van der Waals surface area (Å²) in [6.45, 7) is 2.68. The summed E-state index contributed by atoms with van der Waals surface area (Å²) >= 11 is 3.45. The van der Waals surface area contributed by atoms with Gasteiger partial charge < -0.3 is 9.47 Å². The molecular weight excluding hydrogens is 492 g/mol. The first-order valence-electron chi connectivity index (χ1n) is 10.7. The van der Waals surface area contributed by atoms with Gasteiger partial charge >= 0.3 is 0 Å². The summed E-state index contributed by atoms with van der Waals surface area (Å²) in [4.78, 5) is 4.43. The van der Waals surface area contributed by atoms with E-state index in [9.17, 15) is 5.26 Å². The molecule has 0 aliphatic rings. The van der Waals surface area contributed by atoms with Crippen molar-refractivity contribution in [3.8, 4) is 11.8 Å². The van der Waals surface area contributed by atoms with Crippen molar-refractivity contribution >= 4 is 38.7 Å². The summed E-state index contributed by atoms with van der Waals surface area (Å²) in [6, 6.07) is 24.1. The molecule has 0 saturated carbocycles. The topological polar surface area (TPSA) is 79.5 Å². The summed E-state index contributed by atoms with van der Waals surface area (Å²) in [6.07, 6.45) is 1.72. The second-order valence-corrected chi connectivity index (χ2v) is 8.62. The van der Waals surface area contributed by atoms with E-state index < -0.39 is 0 Å². The Bertz CT molecular complexity index is 1380. The molecule has 0 amide bonds. The number of hydrazone groups is 1. The van der Waals surface area contributed by atoms with Gasteiger partial charge in [-0.3, -0.25) is 5.43 Å². The molecule has 1 heterocycles. The van der Waals surface area contributed by atoms with E-state index in [1.807, 2.05) is 73.7 Å².